The number of terminal acetylenes is 1. The maximum Gasteiger partial charge on any atom is 0.254 e. The van der Waals surface area contributed by atoms with E-state index in [-0.39, 0.29) is 18.4 Å². The van der Waals surface area contributed by atoms with Crippen molar-refractivity contribution in [3.8, 4) is 12.3 Å². The minimum absolute atomic E-state index is 0.139. The number of benzene rings is 1. The third kappa shape index (κ3) is 7.45. The monoisotopic (exact) mass is 318 g/mol. The molecule has 6 heteroatoms. The molecule has 0 saturated heterocycles. The molecule has 23 heavy (non-hydrogen) atoms. The number of nitrogens with one attached hydrogen (secondary N) is 2. The molecule has 0 spiro atoms. The van der Waals surface area contributed by atoms with Crippen molar-refractivity contribution in [2.75, 3.05) is 38.8 Å². The van der Waals surface area contributed by atoms with Crippen LogP contribution in [0.15, 0.2) is 24.3 Å². The molecule has 0 radical (unpaired) electrons. The van der Waals surface area contributed by atoms with Gasteiger partial charge >= 0.3 is 0 Å². The topological polar surface area (TPSA) is 76.7 Å². The number of hydrogen-bond acceptors (Lipinski definition) is 4. The number of anilines is 1. The van der Waals surface area contributed by atoms with Gasteiger partial charge in [-0.3, -0.25) is 9.59 Å². The van der Waals surface area contributed by atoms with E-state index < -0.39 is 0 Å². The highest BCUT2D eigenvalue weighted by Gasteiger charge is 2.12. The average Bonchev–Trinajstić information content (AvgIpc) is 2.56. The largest absolute Gasteiger partial charge is 0.382 e. The van der Waals surface area contributed by atoms with Crippen LogP contribution < -0.4 is 10.6 Å². The van der Waals surface area contributed by atoms with Crippen molar-refractivity contribution in [3.05, 3.63) is 29.8 Å². The lowest BCUT2D eigenvalue weighted by Crippen LogP contribution is -2.25. The summed E-state index contributed by atoms with van der Waals surface area (Å²) < 4.78 is 10.2. The fourth-order valence-corrected chi connectivity index (χ4v) is 1.81. The fourth-order valence-electron chi connectivity index (χ4n) is 1.81. The first-order chi connectivity index (χ1) is 11.2. The van der Waals surface area contributed by atoms with Gasteiger partial charge in [-0.25, -0.2) is 0 Å². The van der Waals surface area contributed by atoms with E-state index in [9.17, 15) is 9.59 Å². The Morgan fingerprint density at radius 1 is 1.22 bits per heavy atom. The van der Waals surface area contributed by atoms with Crippen molar-refractivity contribution in [2.24, 2.45) is 0 Å². The Morgan fingerprint density at radius 2 is 2.00 bits per heavy atom. The quantitative estimate of drug-likeness (QED) is 0.505. The van der Waals surface area contributed by atoms with Gasteiger partial charge in [0.05, 0.1) is 31.0 Å². The lowest BCUT2D eigenvalue weighted by molar-refractivity contribution is -0.116. The molecule has 6 nitrogen and oxygen atoms in total. The van der Waals surface area contributed by atoms with Crippen LogP contribution in [-0.2, 0) is 14.3 Å². The Morgan fingerprint density at radius 3 is 2.74 bits per heavy atom. The third-order valence-electron chi connectivity index (χ3n) is 2.92. The summed E-state index contributed by atoms with van der Waals surface area (Å²) in [6.45, 7) is 1.67. The van der Waals surface area contributed by atoms with Gasteiger partial charge in [0.1, 0.15) is 0 Å². The van der Waals surface area contributed by atoms with Crippen LogP contribution in [0.25, 0.3) is 0 Å². The number of carbonyl (C=O) groups excluding carboxylic acids is 2. The molecule has 2 amide bonds. The van der Waals surface area contributed by atoms with Gasteiger partial charge in [0, 0.05) is 20.1 Å². The lowest BCUT2D eigenvalue weighted by Gasteiger charge is -2.10. The first kappa shape index (κ1) is 18.7. The minimum atomic E-state index is -0.318. The van der Waals surface area contributed by atoms with Crippen LogP contribution in [0.3, 0.4) is 0 Å². The molecule has 124 valence electrons. The van der Waals surface area contributed by atoms with E-state index in [1.165, 1.54) is 0 Å². The molecule has 0 fully saturated rings. The highest BCUT2D eigenvalue weighted by molar-refractivity contribution is 6.03. The van der Waals surface area contributed by atoms with E-state index in [4.69, 9.17) is 15.9 Å². The van der Waals surface area contributed by atoms with Gasteiger partial charge in [0.25, 0.3) is 5.91 Å². The summed E-state index contributed by atoms with van der Waals surface area (Å²) >= 11 is 0. The van der Waals surface area contributed by atoms with Crippen LogP contribution in [0, 0.1) is 12.3 Å². The normalized spacial score (nSPS) is 9.91. The molecule has 0 heterocycles. The number of rotatable bonds is 10. The van der Waals surface area contributed by atoms with E-state index in [0.717, 1.165) is 0 Å². The summed E-state index contributed by atoms with van der Waals surface area (Å²) in [5, 5.41) is 5.31. The molecule has 0 saturated carbocycles. The molecule has 1 aromatic rings. The Hall–Kier alpha value is -2.36. The van der Waals surface area contributed by atoms with Crippen LogP contribution in [0.4, 0.5) is 5.69 Å². The Balaban J connectivity index is 2.45. The highest BCUT2D eigenvalue weighted by atomic mass is 16.5. The van der Waals surface area contributed by atoms with Gasteiger partial charge in [-0.1, -0.05) is 18.1 Å². The maximum atomic E-state index is 12.0. The maximum absolute atomic E-state index is 12.0. The zero-order chi connectivity index (χ0) is 16.9. The molecule has 0 aromatic heterocycles. The summed E-state index contributed by atoms with van der Waals surface area (Å²) in [7, 11) is 1.61. The zero-order valence-electron chi connectivity index (χ0n) is 13.3. The van der Waals surface area contributed by atoms with Crippen molar-refractivity contribution in [2.45, 2.75) is 12.8 Å². The minimum Gasteiger partial charge on any atom is -0.382 e. The van der Waals surface area contributed by atoms with Crippen LogP contribution in [0.2, 0.25) is 0 Å². The van der Waals surface area contributed by atoms with Crippen molar-refractivity contribution in [1.82, 2.24) is 5.32 Å². The Kier molecular flexibility index (Phi) is 9.13. The first-order valence-electron chi connectivity index (χ1n) is 7.36. The second-order valence-electron chi connectivity index (χ2n) is 4.69. The number of para-hydroxylation sites is 1. The van der Waals surface area contributed by atoms with Gasteiger partial charge in [0.2, 0.25) is 5.91 Å². The van der Waals surface area contributed by atoms with Gasteiger partial charge in [0.15, 0.2) is 0 Å². The van der Waals surface area contributed by atoms with E-state index in [1.807, 2.05) is 0 Å². The number of hydrogen-bond donors (Lipinski definition) is 2. The second-order valence-corrected chi connectivity index (χ2v) is 4.69. The zero-order valence-corrected chi connectivity index (χ0v) is 13.3. The predicted octanol–water partition coefficient (Wildman–Crippen LogP) is 1.43. The molecular weight excluding hydrogens is 296 g/mol. The van der Waals surface area contributed by atoms with E-state index in [1.54, 1.807) is 31.4 Å². The summed E-state index contributed by atoms with van der Waals surface area (Å²) in [5.41, 5.74) is 0.847. The van der Waals surface area contributed by atoms with Crippen molar-refractivity contribution in [1.29, 1.82) is 0 Å². The Labute approximate surface area is 136 Å². The van der Waals surface area contributed by atoms with Crippen LogP contribution in [-0.4, -0.2) is 45.3 Å². The van der Waals surface area contributed by atoms with Crippen LogP contribution in [0.1, 0.15) is 23.2 Å². The summed E-state index contributed by atoms with van der Waals surface area (Å²) in [6.07, 6.45) is 6.03. The summed E-state index contributed by atoms with van der Waals surface area (Å²) in [6, 6.07) is 6.79. The van der Waals surface area contributed by atoms with Gasteiger partial charge in [-0.05, 0) is 18.6 Å². The molecule has 0 aliphatic heterocycles. The van der Waals surface area contributed by atoms with E-state index >= 15 is 0 Å². The molecule has 0 aliphatic rings. The summed E-state index contributed by atoms with van der Waals surface area (Å²) in [5.74, 6) is 1.85. The van der Waals surface area contributed by atoms with Gasteiger partial charge in [-0.15, -0.1) is 6.42 Å². The first-order valence-corrected chi connectivity index (χ1v) is 7.36. The number of methoxy groups -OCH3 is 1. The standard InChI is InChI=1S/C17H22N2O4/c1-3-10-18-17(21)14-7-4-5-8-15(14)19-16(20)9-6-11-23-13-12-22-2/h1,4-5,7-8H,6,9-13H2,2H3,(H,18,21)(H,19,20). The van der Waals surface area contributed by atoms with Crippen molar-refractivity contribution in [3.63, 3.8) is 0 Å². The smallest absolute Gasteiger partial charge is 0.254 e. The molecule has 0 atom stereocenters. The van der Waals surface area contributed by atoms with Crippen LogP contribution in [0.5, 0.6) is 0 Å². The number of ether oxygens (including phenoxy) is 2. The highest BCUT2D eigenvalue weighted by Crippen LogP contribution is 2.15. The van der Waals surface area contributed by atoms with E-state index in [0.29, 0.717) is 43.9 Å². The second kappa shape index (κ2) is 11.2. The fraction of sp³-hybridized carbons (Fsp3) is 0.412. The molecule has 1 rings (SSSR count). The van der Waals surface area contributed by atoms with Crippen LogP contribution >= 0.6 is 0 Å². The van der Waals surface area contributed by atoms with Crippen molar-refractivity contribution >= 4 is 17.5 Å². The predicted molar refractivity (Wildman–Crippen MR) is 88.2 cm³/mol. The van der Waals surface area contributed by atoms with Gasteiger partial charge in [-0.2, -0.15) is 0 Å². The molecule has 0 unspecified atom stereocenters. The van der Waals surface area contributed by atoms with Gasteiger partial charge < -0.3 is 20.1 Å². The SMILES string of the molecule is C#CCNC(=O)c1ccccc1NC(=O)CCCOCCOC. The van der Waals surface area contributed by atoms with E-state index in [2.05, 4.69) is 16.6 Å². The molecule has 1 aromatic carbocycles. The number of carbonyl (C=O) groups is 2. The van der Waals surface area contributed by atoms with Crippen molar-refractivity contribution < 1.29 is 19.1 Å². The molecule has 2 N–H and O–H groups in total. The lowest BCUT2D eigenvalue weighted by atomic mass is 10.1. The third-order valence-corrected chi connectivity index (χ3v) is 2.92. The molecular formula is C17H22N2O4. The molecule has 0 bridgehead atoms. The number of amides is 2. The summed E-state index contributed by atoms with van der Waals surface area (Å²) in [4.78, 5) is 23.9. The molecule has 0 aliphatic carbocycles. The average molecular weight is 318 g/mol. The Bertz CT molecular complexity index is 552.